The van der Waals surface area contributed by atoms with Gasteiger partial charge in [0.05, 0.1) is 16.6 Å². The molecule has 44 heavy (non-hydrogen) atoms. The van der Waals surface area contributed by atoms with E-state index in [-0.39, 0.29) is 5.91 Å². The molecule has 1 saturated carbocycles. The van der Waals surface area contributed by atoms with Crippen LogP contribution in [0.3, 0.4) is 0 Å². The number of anilines is 3. The number of benzene rings is 3. The van der Waals surface area contributed by atoms with E-state index in [0.717, 1.165) is 84.7 Å². The van der Waals surface area contributed by atoms with Crippen LogP contribution in [0.1, 0.15) is 59.9 Å². The van der Waals surface area contributed by atoms with Crippen molar-refractivity contribution in [2.45, 2.75) is 52.1 Å². The summed E-state index contributed by atoms with van der Waals surface area (Å²) in [5.41, 5.74) is 6.90. The molecule has 1 aliphatic heterocycles. The fourth-order valence-corrected chi connectivity index (χ4v) is 6.13. The Morgan fingerprint density at radius 3 is 2.52 bits per heavy atom. The van der Waals surface area contributed by atoms with E-state index in [1.54, 1.807) is 4.90 Å². The monoisotopic (exact) mass is 588 g/mol. The third-order valence-electron chi connectivity index (χ3n) is 9.04. The minimum Gasteiger partial charge on any atom is -0.342 e. The maximum Gasteiger partial charge on any atom is 0.260 e. The average molecular weight is 589 g/mol. The zero-order valence-corrected chi connectivity index (χ0v) is 26.0. The van der Waals surface area contributed by atoms with Crippen molar-refractivity contribution in [2.75, 3.05) is 43.4 Å². The summed E-state index contributed by atoms with van der Waals surface area (Å²) in [6.07, 6.45) is 4.07. The van der Waals surface area contributed by atoms with Crippen LogP contribution in [0, 0.1) is 6.92 Å². The first-order valence-corrected chi connectivity index (χ1v) is 15.7. The minimum atomic E-state index is -0.111. The van der Waals surface area contributed by atoms with E-state index in [2.05, 4.69) is 51.1 Å². The van der Waals surface area contributed by atoms with Gasteiger partial charge in [-0.2, -0.15) is 0 Å². The summed E-state index contributed by atoms with van der Waals surface area (Å²) < 4.78 is 0. The maximum absolute atomic E-state index is 14.1. The lowest BCUT2D eigenvalue weighted by Gasteiger charge is -2.37. The van der Waals surface area contributed by atoms with E-state index in [1.165, 1.54) is 5.56 Å². The molecule has 2 aromatic heterocycles. The Labute approximate surface area is 258 Å². The van der Waals surface area contributed by atoms with Crippen LogP contribution in [0.4, 0.5) is 17.3 Å². The third-order valence-corrected chi connectivity index (χ3v) is 9.04. The van der Waals surface area contributed by atoms with Gasteiger partial charge in [-0.25, -0.2) is 15.0 Å². The normalized spacial score (nSPS) is 16.2. The summed E-state index contributed by atoms with van der Waals surface area (Å²) in [5, 5.41) is 4.34. The fraction of sp³-hybridized carbons (Fsp3) is 0.371. The zero-order valence-electron chi connectivity index (χ0n) is 26.0. The second-order valence-electron chi connectivity index (χ2n) is 12.6. The number of hydrogen-bond acceptors (Lipinski definition) is 7. The quantitative estimate of drug-likeness (QED) is 0.222. The number of nitrogens with one attached hydrogen (secondary N) is 2. The second-order valence-corrected chi connectivity index (χ2v) is 12.6. The first kappa shape index (κ1) is 28.4. The topological polar surface area (TPSA) is 93.3 Å². The number of nitrogens with zero attached hydrogens (tertiary/aromatic N) is 6. The van der Waals surface area contributed by atoms with E-state index in [1.807, 2.05) is 62.6 Å². The maximum atomic E-state index is 14.1. The number of imidazole rings is 1. The van der Waals surface area contributed by atoms with Crippen molar-refractivity contribution in [3.8, 4) is 0 Å². The number of amides is 1. The number of fused-ring (bicyclic) bond motifs is 2. The highest BCUT2D eigenvalue weighted by molar-refractivity contribution is 6.13. The molecular weight excluding hydrogens is 548 g/mol. The van der Waals surface area contributed by atoms with E-state index >= 15 is 0 Å². The summed E-state index contributed by atoms with van der Waals surface area (Å²) in [4.78, 5) is 38.5. The SMILES string of the molecule is Cc1cccc2cnc(Nc3cc(C(=O)N(C)c4ccc(CN5CCN(C(C)C)CC5)cc4)c4nc(C5CC5)[nH]c4c3)nc12. The van der Waals surface area contributed by atoms with Crippen molar-refractivity contribution >= 4 is 45.2 Å². The Hall–Kier alpha value is -4.34. The molecule has 3 heterocycles. The smallest absolute Gasteiger partial charge is 0.260 e. The molecule has 9 nitrogen and oxygen atoms in total. The highest BCUT2D eigenvalue weighted by Gasteiger charge is 2.29. The number of piperazine rings is 1. The van der Waals surface area contributed by atoms with Crippen molar-refractivity contribution in [1.29, 1.82) is 0 Å². The molecule has 1 amide bonds. The Kier molecular flexibility index (Phi) is 7.52. The molecule has 226 valence electrons. The molecule has 2 N–H and O–H groups in total. The molecular formula is C35H40N8O. The number of rotatable bonds is 8. The highest BCUT2D eigenvalue weighted by Crippen LogP contribution is 2.40. The number of hydrogen-bond donors (Lipinski definition) is 2. The van der Waals surface area contributed by atoms with Gasteiger partial charge in [0.15, 0.2) is 0 Å². The molecule has 3 aromatic carbocycles. The van der Waals surface area contributed by atoms with E-state index in [4.69, 9.17) is 9.97 Å². The van der Waals surface area contributed by atoms with E-state index < -0.39 is 0 Å². The van der Waals surface area contributed by atoms with Gasteiger partial charge in [-0.1, -0.05) is 30.3 Å². The summed E-state index contributed by atoms with van der Waals surface area (Å²) in [7, 11) is 1.83. The Morgan fingerprint density at radius 1 is 1.02 bits per heavy atom. The predicted octanol–water partition coefficient (Wildman–Crippen LogP) is 6.24. The molecule has 9 heteroatoms. The van der Waals surface area contributed by atoms with Crippen molar-refractivity contribution in [1.82, 2.24) is 29.7 Å². The fourth-order valence-electron chi connectivity index (χ4n) is 6.13. The number of carbonyl (C=O) groups excluding carboxylic acids is 1. The van der Waals surface area contributed by atoms with Crippen molar-refractivity contribution in [3.05, 3.63) is 83.3 Å². The number of para-hydroxylation sites is 1. The summed E-state index contributed by atoms with van der Waals surface area (Å²) in [6, 6.07) is 18.9. The van der Waals surface area contributed by atoms with Crippen LogP contribution < -0.4 is 10.2 Å². The minimum absolute atomic E-state index is 0.111. The second kappa shape index (κ2) is 11.6. The number of aromatic amines is 1. The lowest BCUT2D eigenvalue weighted by Crippen LogP contribution is -2.48. The first-order chi connectivity index (χ1) is 21.3. The molecule has 0 atom stereocenters. The van der Waals surface area contributed by atoms with Crippen LogP contribution in [0.5, 0.6) is 0 Å². The largest absolute Gasteiger partial charge is 0.342 e. The van der Waals surface area contributed by atoms with Gasteiger partial charge in [-0.15, -0.1) is 0 Å². The first-order valence-electron chi connectivity index (χ1n) is 15.7. The van der Waals surface area contributed by atoms with Gasteiger partial charge in [-0.05, 0) is 69.0 Å². The van der Waals surface area contributed by atoms with Gasteiger partial charge in [-0.3, -0.25) is 14.6 Å². The molecule has 1 aliphatic carbocycles. The summed E-state index contributed by atoms with van der Waals surface area (Å²) in [5.74, 6) is 1.76. The molecule has 0 bridgehead atoms. The van der Waals surface area contributed by atoms with Crippen LogP contribution in [0.15, 0.2) is 60.8 Å². The van der Waals surface area contributed by atoms with E-state index in [0.29, 0.717) is 29.0 Å². The van der Waals surface area contributed by atoms with Crippen LogP contribution in [-0.2, 0) is 6.54 Å². The number of aryl methyl sites for hydroxylation is 1. The standard InChI is InChI=1S/C35H40N8O/c1-22(2)43-16-14-42(15-17-43)21-24-8-12-28(13-9-24)41(4)34(44)29-18-27(19-30-32(29)39-33(38-30)25-10-11-25)37-35-36-20-26-7-5-6-23(3)31(26)40-35/h5-9,12-13,18-20,22,25H,10-11,14-17,21H2,1-4H3,(H,38,39)(H,36,37,40). The summed E-state index contributed by atoms with van der Waals surface area (Å²) in [6.45, 7) is 11.9. The van der Waals surface area contributed by atoms with Crippen molar-refractivity contribution in [3.63, 3.8) is 0 Å². The van der Waals surface area contributed by atoms with Crippen LogP contribution >= 0.6 is 0 Å². The molecule has 1 saturated heterocycles. The Balaban J connectivity index is 1.13. The van der Waals surface area contributed by atoms with Gasteiger partial charge < -0.3 is 15.2 Å². The van der Waals surface area contributed by atoms with Crippen molar-refractivity contribution in [2.24, 2.45) is 0 Å². The van der Waals surface area contributed by atoms with Crippen LogP contribution in [0.2, 0.25) is 0 Å². The van der Waals surface area contributed by atoms with Crippen LogP contribution in [-0.4, -0.2) is 74.9 Å². The van der Waals surface area contributed by atoms with Gasteiger partial charge in [0.2, 0.25) is 5.95 Å². The number of carbonyl (C=O) groups is 1. The van der Waals surface area contributed by atoms with Crippen molar-refractivity contribution < 1.29 is 4.79 Å². The van der Waals surface area contributed by atoms with Gasteiger partial charge >= 0.3 is 0 Å². The van der Waals surface area contributed by atoms with Gasteiger partial charge in [0.25, 0.3) is 5.91 Å². The van der Waals surface area contributed by atoms with Gasteiger partial charge in [0.1, 0.15) is 11.3 Å². The Morgan fingerprint density at radius 2 is 1.80 bits per heavy atom. The number of H-pyrrole nitrogens is 1. The predicted molar refractivity (Wildman–Crippen MR) is 177 cm³/mol. The highest BCUT2D eigenvalue weighted by atomic mass is 16.2. The average Bonchev–Trinajstić information content (AvgIpc) is 3.80. The van der Waals surface area contributed by atoms with E-state index in [9.17, 15) is 4.79 Å². The summed E-state index contributed by atoms with van der Waals surface area (Å²) >= 11 is 0. The molecule has 2 fully saturated rings. The molecule has 0 unspecified atom stereocenters. The molecule has 0 spiro atoms. The lowest BCUT2D eigenvalue weighted by atomic mass is 10.1. The molecule has 5 aromatic rings. The van der Waals surface area contributed by atoms with Crippen LogP contribution in [0.25, 0.3) is 21.9 Å². The lowest BCUT2D eigenvalue weighted by molar-refractivity contribution is 0.0994. The Bertz CT molecular complexity index is 1820. The third kappa shape index (κ3) is 5.77. The molecule has 7 rings (SSSR count). The zero-order chi connectivity index (χ0) is 30.4. The molecule has 2 aliphatic rings. The molecule has 0 radical (unpaired) electrons. The van der Waals surface area contributed by atoms with Gasteiger partial charge in [0, 0.05) is 74.7 Å². The number of aromatic nitrogens is 4.